The van der Waals surface area contributed by atoms with Crippen LogP contribution in [0.4, 0.5) is 39.0 Å². The van der Waals surface area contributed by atoms with Gasteiger partial charge >= 0.3 is 6.18 Å². The highest BCUT2D eigenvalue weighted by molar-refractivity contribution is 6.05. The fourth-order valence-electron chi connectivity index (χ4n) is 3.13. The third-order valence-corrected chi connectivity index (χ3v) is 4.66. The summed E-state index contributed by atoms with van der Waals surface area (Å²) >= 11 is 0. The second kappa shape index (κ2) is 8.34. The first-order chi connectivity index (χ1) is 15.6. The van der Waals surface area contributed by atoms with Gasteiger partial charge < -0.3 is 15.6 Å². The van der Waals surface area contributed by atoms with Gasteiger partial charge in [0.05, 0.1) is 16.8 Å². The largest absolute Gasteiger partial charge is 0.417 e. The summed E-state index contributed by atoms with van der Waals surface area (Å²) in [7, 11) is 0. The van der Waals surface area contributed by atoms with Crippen molar-refractivity contribution < 1.29 is 26.7 Å². The molecule has 0 unspecified atom stereocenters. The van der Waals surface area contributed by atoms with E-state index in [1.807, 2.05) is 0 Å². The summed E-state index contributed by atoms with van der Waals surface area (Å²) in [5, 5.41) is 5.67. The molecule has 0 spiro atoms. The van der Waals surface area contributed by atoms with Crippen LogP contribution in [0, 0.1) is 11.6 Å². The maximum Gasteiger partial charge on any atom is 0.417 e. The number of pyridine rings is 2. The minimum absolute atomic E-state index is 0.176. The lowest BCUT2D eigenvalue weighted by atomic mass is 10.1. The molecule has 0 fully saturated rings. The summed E-state index contributed by atoms with van der Waals surface area (Å²) in [5.74, 6) is -3.14. The van der Waals surface area contributed by atoms with Crippen molar-refractivity contribution in [2.75, 3.05) is 10.6 Å². The highest BCUT2D eigenvalue weighted by Gasteiger charge is 2.35. The zero-order chi connectivity index (χ0) is 23.8. The molecule has 4 aromatic rings. The highest BCUT2D eigenvalue weighted by atomic mass is 19.4. The number of fused-ring (bicyclic) bond motifs is 1. The van der Waals surface area contributed by atoms with Crippen LogP contribution in [-0.2, 0) is 6.18 Å². The van der Waals surface area contributed by atoms with E-state index >= 15 is 0 Å². The van der Waals surface area contributed by atoms with Crippen molar-refractivity contribution in [1.29, 1.82) is 0 Å². The minimum Gasteiger partial charge on any atom is -0.355 e. The van der Waals surface area contributed by atoms with Crippen molar-refractivity contribution in [3.63, 3.8) is 0 Å². The summed E-state index contributed by atoms with van der Waals surface area (Å²) in [6, 6.07) is 10.3. The van der Waals surface area contributed by atoms with Crippen molar-refractivity contribution in [3.8, 4) is 0 Å². The van der Waals surface area contributed by atoms with Gasteiger partial charge in [0.15, 0.2) is 5.82 Å². The second-order valence-electron chi connectivity index (χ2n) is 6.91. The topological polar surface area (TPSA) is 86.9 Å². The van der Waals surface area contributed by atoms with E-state index in [1.165, 1.54) is 30.5 Å². The molecule has 0 atom stereocenters. The Labute approximate surface area is 182 Å². The molecule has 0 bridgehead atoms. The first-order valence-corrected chi connectivity index (χ1v) is 9.34. The molecule has 0 aliphatic heterocycles. The standard InChI is InChI=1S/C22H13F5N4O2/c23-11-1-6-14(16(9-11)22(25,26)27)20(32)30-13-4-2-12(3-5-13)29-18-7-8-28-19-15(18)10-17(24)21(33)31-19/h1-10H,(H,30,32)(H2,28,29,31,33). The van der Waals surface area contributed by atoms with Crippen molar-refractivity contribution >= 4 is 34.0 Å². The number of hydrogen-bond donors (Lipinski definition) is 3. The fraction of sp³-hybridized carbons (Fsp3) is 0.0455. The quantitative estimate of drug-likeness (QED) is 0.365. The molecule has 2 aromatic heterocycles. The van der Waals surface area contributed by atoms with Gasteiger partial charge in [-0.1, -0.05) is 0 Å². The summed E-state index contributed by atoms with van der Waals surface area (Å²) in [4.78, 5) is 30.1. The number of hydrogen-bond acceptors (Lipinski definition) is 4. The van der Waals surface area contributed by atoms with Crippen LogP contribution in [0.15, 0.2) is 65.6 Å². The van der Waals surface area contributed by atoms with Crippen molar-refractivity contribution in [2.45, 2.75) is 6.18 Å². The van der Waals surface area contributed by atoms with E-state index in [4.69, 9.17) is 0 Å². The number of H-pyrrole nitrogens is 1. The molecule has 168 valence electrons. The van der Waals surface area contributed by atoms with Crippen LogP contribution in [-0.4, -0.2) is 15.9 Å². The van der Waals surface area contributed by atoms with Gasteiger partial charge in [0.25, 0.3) is 11.5 Å². The van der Waals surface area contributed by atoms with Crippen molar-refractivity contribution in [2.24, 2.45) is 0 Å². The van der Waals surface area contributed by atoms with Crippen LogP contribution in [0.3, 0.4) is 0 Å². The molecule has 0 aliphatic carbocycles. The predicted molar refractivity (Wildman–Crippen MR) is 111 cm³/mol. The van der Waals surface area contributed by atoms with E-state index in [0.717, 1.165) is 18.2 Å². The number of rotatable bonds is 4. The van der Waals surface area contributed by atoms with Gasteiger partial charge in [0.2, 0.25) is 0 Å². The number of halogens is 5. The zero-order valence-electron chi connectivity index (χ0n) is 16.4. The number of aromatic amines is 1. The zero-order valence-corrected chi connectivity index (χ0v) is 16.4. The Morgan fingerprint density at radius 1 is 0.939 bits per heavy atom. The predicted octanol–water partition coefficient (Wildman–Crippen LogP) is 5.22. The lowest BCUT2D eigenvalue weighted by Crippen LogP contribution is -2.19. The third-order valence-electron chi connectivity index (χ3n) is 4.66. The smallest absolute Gasteiger partial charge is 0.355 e. The fourth-order valence-corrected chi connectivity index (χ4v) is 3.13. The van der Waals surface area contributed by atoms with Gasteiger partial charge in [0, 0.05) is 23.0 Å². The molecule has 2 heterocycles. The molecule has 0 saturated heterocycles. The Kier molecular flexibility index (Phi) is 5.54. The minimum atomic E-state index is -4.90. The number of carbonyl (C=O) groups excluding carboxylic acids is 1. The Hall–Kier alpha value is -4.28. The summed E-state index contributed by atoms with van der Waals surface area (Å²) in [6.45, 7) is 0. The summed E-state index contributed by atoms with van der Waals surface area (Å²) in [6.07, 6.45) is -3.49. The average molecular weight is 460 g/mol. The van der Waals surface area contributed by atoms with Gasteiger partial charge in [-0.3, -0.25) is 9.59 Å². The normalized spacial score (nSPS) is 11.4. The molecule has 4 rings (SSSR count). The number of aromatic nitrogens is 2. The van der Waals surface area contributed by atoms with Gasteiger partial charge in [-0.25, -0.2) is 13.8 Å². The van der Waals surface area contributed by atoms with E-state index in [0.29, 0.717) is 16.8 Å². The molecule has 0 radical (unpaired) electrons. The van der Waals surface area contributed by atoms with Crippen LogP contribution in [0.25, 0.3) is 11.0 Å². The van der Waals surface area contributed by atoms with Gasteiger partial charge in [-0.15, -0.1) is 0 Å². The molecule has 0 aliphatic rings. The van der Waals surface area contributed by atoms with Crippen LogP contribution >= 0.6 is 0 Å². The third kappa shape index (κ3) is 4.66. The molecule has 1 amide bonds. The van der Waals surface area contributed by atoms with Crippen LogP contribution < -0.4 is 16.2 Å². The van der Waals surface area contributed by atoms with E-state index in [9.17, 15) is 31.5 Å². The molecule has 6 nitrogen and oxygen atoms in total. The van der Waals surface area contributed by atoms with E-state index in [1.54, 1.807) is 6.07 Å². The molecular weight excluding hydrogens is 447 g/mol. The Morgan fingerprint density at radius 3 is 2.33 bits per heavy atom. The number of benzene rings is 2. The first kappa shape index (κ1) is 21.9. The number of anilines is 3. The number of nitrogens with zero attached hydrogens (tertiary/aromatic N) is 1. The number of alkyl halides is 3. The highest BCUT2D eigenvalue weighted by Crippen LogP contribution is 2.33. The number of carbonyl (C=O) groups is 1. The Bertz CT molecular complexity index is 1420. The molecule has 33 heavy (non-hydrogen) atoms. The average Bonchev–Trinajstić information content (AvgIpc) is 2.76. The number of amides is 1. The van der Waals surface area contributed by atoms with Crippen molar-refractivity contribution in [1.82, 2.24) is 9.97 Å². The van der Waals surface area contributed by atoms with Gasteiger partial charge in [-0.05, 0) is 54.6 Å². The van der Waals surface area contributed by atoms with E-state index in [2.05, 4.69) is 20.6 Å². The van der Waals surface area contributed by atoms with Crippen LogP contribution in [0.1, 0.15) is 15.9 Å². The van der Waals surface area contributed by atoms with Gasteiger partial charge in [-0.2, -0.15) is 13.2 Å². The molecule has 0 saturated carbocycles. The summed E-state index contributed by atoms with van der Waals surface area (Å²) < 4.78 is 66.4. The summed E-state index contributed by atoms with van der Waals surface area (Å²) in [5.41, 5.74) is -1.69. The van der Waals surface area contributed by atoms with Crippen LogP contribution in [0.2, 0.25) is 0 Å². The Balaban J connectivity index is 1.55. The van der Waals surface area contributed by atoms with E-state index < -0.39 is 40.4 Å². The maximum atomic E-state index is 13.7. The second-order valence-corrected chi connectivity index (χ2v) is 6.91. The maximum absolute atomic E-state index is 13.7. The molecule has 11 heteroatoms. The molecule has 3 N–H and O–H groups in total. The van der Waals surface area contributed by atoms with Crippen LogP contribution in [0.5, 0.6) is 0 Å². The lowest BCUT2D eigenvalue weighted by Gasteiger charge is -2.14. The Morgan fingerprint density at radius 2 is 1.64 bits per heavy atom. The van der Waals surface area contributed by atoms with E-state index in [-0.39, 0.29) is 17.4 Å². The number of nitrogens with one attached hydrogen (secondary N) is 3. The molecular formula is C22H13F5N4O2. The lowest BCUT2D eigenvalue weighted by molar-refractivity contribution is -0.138. The monoisotopic (exact) mass is 460 g/mol. The first-order valence-electron chi connectivity index (χ1n) is 9.34. The van der Waals surface area contributed by atoms with Gasteiger partial charge in [0.1, 0.15) is 11.5 Å². The van der Waals surface area contributed by atoms with Crippen molar-refractivity contribution in [3.05, 3.63) is 93.9 Å². The molecule has 2 aromatic carbocycles. The SMILES string of the molecule is O=C(Nc1ccc(Nc2ccnc3[nH]c(=O)c(F)cc23)cc1)c1ccc(F)cc1C(F)(F)F.